The van der Waals surface area contributed by atoms with E-state index in [4.69, 9.17) is 23.8 Å². The van der Waals surface area contributed by atoms with E-state index in [9.17, 15) is 0 Å². The van der Waals surface area contributed by atoms with Crippen LogP contribution in [0, 0.1) is 0 Å². The zero-order valence-corrected chi connectivity index (χ0v) is 26.7. The van der Waals surface area contributed by atoms with Crippen LogP contribution in [0.25, 0.3) is 100 Å². The molecule has 3 aromatic heterocycles. The van der Waals surface area contributed by atoms with Gasteiger partial charge in [-0.1, -0.05) is 133 Å². The van der Waals surface area contributed by atoms with Gasteiger partial charge in [0.1, 0.15) is 22.3 Å². The van der Waals surface area contributed by atoms with Gasteiger partial charge < -0.3 is 8.83 Å². The Morgan fingerprint density at radius 2 is 0.880 bits per heavy atom. The van der Waals surface area contributed by atoms with Gasteiger partial charge in [-0.05, 0) is 47.0 Å². The molecule has 0 atom stereocenters. The van der Waals surface area contributed by atoms with E-state index in [2.05, 4.69) is 72.8 Å². The second-order valence-corrected chi connectivity index (χ2v) is 12.4. The third-order valence-electron chi connectivity index (χ3n) is 9.36. The minimum atomic E-state index is 0.561. The first-order chi connectivity index (χ1) is 24.8. The van der Waals surface area contributed by atoms with Crippen molar-refractivity contribution in [3.8, 4) is 56.4 Å². The zero-order chi connectivity index (χ0) is 33.0. The second-order valence-electron chi connectivity index (χ2n) is 12.4. The highest BCUT2D eigenvalue weighted by molar-refractivity contribution is 6.17. The first-order valence-corrected chi connectivity index (χ1v) is 16.6. The molecule has 0 fully saturated rings. The van der Waals surface area contributed by atoms with Gasteiger partial charge in [-0.25, -0.2) is 15.0 Å². The number of fused-ring (bicyclic) bond motifs is 6. The largest absolute Gasteiger partial charge is 0.455 e. The standard InChI is InChI=1S/C45H27N3O2/c1-4-13-28(14-5-1)33-25-24-32(40-35-19-10-11-22-38(35)50-42(33)40)31-23-26-39-37(27-31)34-20-12-21-36(41(34)49-39)45-47-43(29-15-6-2-7-16-29)46-44(48-45)30-17-8-3-9-18-30/h1-27H. The van der Waals surface area contributed by atoms with Crippen LogP contribution >= 0.6 is 0 Å². The van der Waals surface area contributed by atoms with Crippen molar-refractivity contribution < 1.29 is 8.83 Å². The lowest BCUT2D eigenvalue weighted by Crippen LogP contribution is -2.00. The minimum Gasteiger partial charge on any atom is -0.455 e. The summed E-state index contributed by atoms with van der Waals surface area (Å²) in [6.07, 6.45) is 0. The van der Waals surface area contributed by atoms with Crippen molar-refractivity contribution in [3.05, 3.63) is 164 Å². The molecule has 3 heterocycles. The predicted molar refractivity (Wildman–Crippen MR) is 202 cm³/mol. The van der Waals surface area contributed by atoms with Gasteiger partial charge in [0.05, 0.1) is 5.56 Å². The fraction of sp³-hybridized carbons (Fsp3) is 0. The monoisotopic (exact) mass is 641 g/mol. The Morgan fingerprint density at radius 3 is 1.60 bits per heavy atom. The molecule has 0 amide bonds. The Labute approximate surface area is 287 Å². The summed E-state index contributed by atoms with van der Waals surface area (Å²) in [7, 11) is 0. The number of hydrogen-bond acceptors (Lipinski definition) is 5. The van der Waals surface area contributed by atoms with Crippen molar-refractivity contribution in [2.75, 3.05) is 0 Å². The molecular weight excluding hydrogens is 615 g/mol. The molecule has 5 heteroatoms. The van der Waals surface area contributed by atoms with Crippen LogP contribution in [0.5, 0.6) is 0 Å². The van der Waals surface area contributed by atoms with Crippen LogP contribution < -0.4 is 0 Å². The molecule has 0 aliphatic rings. The van der Waals surface area contributed by atoms with Gasteiger partial charge in [0.25, 0.3) is 0 Å². The molecule has 7 aromatic carbocycles. The summed E-state index contributed by atoms with van der Waals surface area (Å²) in [5, 5.41) is 4.21. The highest BCUT2D eigenvalue weighted by Gasteiger charge is 2.20. The molecule has 0 aliphatic carbocycles. The van der Waals surface area contributed by atoms with Gasteiger partial charge in [-0.2, -0.15) is 0 Å². The van der Waals surface area contributed by atoms with E-state index in [1.54, 1.807) is 0 Å². The van der Waals surface area contributed by atoms with Crippen LogP contribution in [0.3, 0.4) is 0 Å². The van der Waals surface area contributed by atoms with E-state index in [-0.39, 0.29) is 0 Å². The maximum Gasteiger partial charge on any atom is 0.167 e. The lowest BCUT2D eigenvalue weighted by Gasteiger charge is -2.09. The maximum atomic E-state index is 6.62. The van der Waals surface area contributed by atoms with Crippen LogP contribution in [0.4, 0.5) is 0 Å². The summed E-state index contributed by atoms with van der Waals surface area (Å²) < 4.78 is 13.2. The average Bonchev–Trinajstić information content (AvgIpc) is 3.77. The molecule has 234 valence electrons. The molecule has 0 radical (unpaired) electrons. The third kappa shape index (κ3) is 4.60. The highest BCUT2D eigenvalue weighted by Crippen LogP contribution is 2.43. The summed E-state index contributed by atoms with van der Waals surface area (Å²) in [5.74, 6) is 1.78. The van der Waals surface area contributed by atoms with Gasteiger partial charge in [0.2, 0.25) is 0 Å². The predicted octanol–water partition coefficient (Wildman–Crippen LogP) is 12.0. The number of furan rings is 2. The molecule has 5 nitrogen and oxygen atoms in total. The van der Waals surface area contributed by atoms with Crippen LogP contribution in [0.2, 0.25) is 0 Å². The average molecular weight is 642 g/mol. The first-order valence-electron chi connectivity index (χ1n) is 16.6. The molecule has 0 spiro atoms. The summed E-state index contributed by atoms with van der Waals surface area (Å²) in [4.78, 5) is 14.8. The molecule has 50 heavy (non-hydrogen) atoms. The van der Waals surface area contributed by atoms with Crippen LogP contribution in [0.15, 0.2) is 173 Å². The lowest BCUT2D eigenvalue weighted by atomic mass is 9.94. The van der Waals surface area contributed by atoms with E-state index in [0.29, 0.717) is 17.5 Å². The van der Waals surface area contributed by atoms with Crippen LogP contribution in [0.1, 0.15) is 0 Å². The summed E-state index contributed by atoms with van der Waals surface area (Å²) in [6, 6.07) is 55.7. The van der Waals surface area contributed by atoms with Crippen LogP contribution in [-0.2, 0) is 0 Å². The number of aromatic nitrogens is 3. The van der Waals surface area contributed by atoms with Gasteiger partial charge in [-0.15, -0.1) is 0 Å². The quantitative estimate of drug-likeness (QED) is 0.187. The first kappa shape index (κ1) is 28.2. The molecule has 0 saturated heterocycles. The van der Waals surface area contributed by atoms with Crippen molar-refractivity contribution in [1.82, 2.24) is 15.0 Å². The minimum absolute atomic E-state index is 0.561. The highest BCUT2D eigenvalue weighted by atomic mass is 16.3. The number of nitrogens with zero attached hydrogens (tertiary/aromatic N) is 3. The molecule has 0 bridgehead atoms. The van der Waals surface area contributed by atoms with Gasteiger partial charge in [0, 0.05) is 38.2 Å². The normalized spacial score (nSPS) is 11.6. The van der Waals surface area contributed by atoms with Gasteiger partial charge >= 0.3 is 0 Å². The Hall–Kier alpha value is -6.85. The Kier molecular flexibility index (Phi) is 6.42. The van der Waals surface area contributed by atoms with E-state index >= 15 is 0 Å². The third-order valence-corrected chi connectivity index (χ3v) is 9.36. The topological polar surface area (TPSA) is 65.0 Å². The van der Waals surface area contributed by atoms with Crippen molar-refractivity contribution in [2.45, 2.75) is 0 Å². The summed E-state index contributed by atoms with van der Waals surface area (Å²) in [5.41, 5.74) is 10.3. The van der Waals surface area contributed by atoms with Crippen molar-refractivity contribution in [1.29, 1.82) is 0 Å². The fourth-order valence-electron chi connectivity index (χ4n) is 6.98. The molecule has 0 aliphatic heterocycles. The fourth-order valence-corrected chi connectivity index (χ4v) is 6.98. The lowest BCUT2D eigenvalue weighted by molar-refractivity contribution is 0.669. The summed E-state index contributed by atoms with van der Waals surface area (Å²) in [6.45, 7) is 0. The van der Waals surface area contributed by atoms with Gasteiger partial charge in [0.15, 0.2) is 17.5 Å². The number of hydrogen-bond donors (Lipinski definition) is 0. The molecular formula is C45H27N3O2. The molecule has 10 rings (SSSR count). The van der Waals surface area contributed by atoms with Crippen molar-refractivity contribution in [3.63, 3.8) is 0 Å². The molecule has 10 aromatic rings. The zero-order valence-electron chi connectivity index (χ0n) is 26.7. The smallest absolute Gasteiger partial charge is 0.167 e. The van der Waals surface area contributed by atoms with E-state index in [1.165, 1.54) is 0 Å². The number of benzene rings is 7. The number of rotatable bonds is 5. The maximum absolute atomic E-state index is 6.62. The van der Waals surface area contributed by atoms with E-state index in [0.717, 1.165) is 82.8 Å². The second kappa shape index (κ2) is 11.4. The van der Waals surface area contributed by atoms with E-state index < -0.39 is 0 Å². The Bertz CT molecular complexity index is 2800. The Balaban J connectivity index is 1.16. The number of para-hydroxylation sites is 2. The van der Waals surface area contributed by atoms with Crippen molar-refractivity contribution in [2.24, 2.45) is 0 Å². The SMILES string of the molecule is c1ccc(-c2nc(-c3ccccc3)nc(-c3cccc4c3oc3ccc(-c5ccc(-c6ccccc6)c6oc7ccccc7c56)cc34)n2)cc1. The van der Waals surface area contributed by atoms with Crippen molar-refractivity contribution >= 4 is 43.9 Å². The molecule has 0 saturated carbocycles. The molecule has 0 N–H and O–H groups in total. The van der Waals surface area contributed by atoms with E-state index in [1.807, 2.05) is 91.0 Å². The van der Waals surface area contributed by atoms with Crippen LogP contribution in [-0.4, -0.2) is 15.0 Å². The Morgan fingerprint density at radius 1 is 0.320 bits per heavy atom. The molecule has 0 unspecified atom stereocenters. The summed E-state index contributed by atoms with van der Waals surface area (Å²) >= 11 is 0. The van der Waals surface area contributed by atoms with Gasteiger partial charge in [-0.3, -0.25) is 0 Å².